The van der Waals surface area contributed by atoms with Gasteiger partial charge in [-0.3, -0.25) is 0 Å². The van der Waals surface area contributed by atoms with Gasteiger partial charge < -0.3 is 15.2 Å². The van der Waals surface area contributed by atoms with Gasteiger partial charge in [-0.15, -0.1) is 0 Å². The Labute approximate surface area is 89.0 Å². The molecule has 1 aliphatic heterocycles. The molecule has 5 nitrogen and oxygen atoms in total. The molecule has 1 aliphatic rings. The summed E-state index contributed by atoms with van der Waals surface area (Å²) >= 11 is 0. The second-order valence-electron chi connectivity index (χ2n) is 3.82. The van der Waals surface area contributed by atoms with Gasteiger partial charge >= 0.3 is 0 Å². The second-order valence-corrected chi connectivity index (χ2v) is 3.82. The Hall–Kier alpha value is -1.07. The van der Waals surface area contributed by atoms with Gasteiger partial charge in [0.1, 0.15) is 5.82 Å². The summed E-state index contributed by atoms with van der Waals surface area (Å²) in [4.78, 5) is 0. The van der Waals surface area contributed by atoms with E-state index >= 15 is 0 Å². The van der Waals surface area contributed by atoms with Crippen molar-refractivity contribution in [2.24, 2.45) is 0 Å². The van der Waals surface area contributed by atoms with Crippen LogP contribution in [0.3, 0.4) is 0 Å². The molecule has 0 spiro atoms. The molecule has 0 aliphatic carbocycles. The van der Waals surface area contributed by atoms with Crippen LogP contribution in [0.4, 0.5) is 5.82 Å². The Morgan fingerprint density at radius 2 is 2.60 bits per heavy atom. The van der Waals surface area contributed by atoms with Crippen molar-refractivity contribution in [2.75, 3.05) is 25.1 Å². The predicted molar refractivity (Wildman–Crippen MR) is 56.9 cm³/mol. The molecule has 0 amide bonds. The van der Waals surface area contributed by atoms with Gasteiger partial charge in [0.15, 0.2) is 0 Å². The van der Waals surface area contributed by atoms with E-state index in [9.17, 15) is 0 Å². The molecule has 1 atom stereocenters. The van der Waals surface area contributed by atoms with E-state index < -0.39 is 0 Å². The van der Waals surface area contributed by atoms with Gasteiger partial charge in [-0.25, -0.2) is 4.68 Å². The van der Waals surface area contributed by atoms with E-state index in [2.05, 4.69) is 10.4 Å². The first-order chi connectivity index (χ1) is 7.29. The van der Waals surface area contributed by atoms with Crippen LogP contribution in [0, 0.1) is 6.92 Å². The van der Waals surface area contributed by atoms with Gasteiger partial charge in [-0.1, -0.05) is 0 Å². The monoisotopic (exact) mass is 211 g/mol. The van der Waals surface area contributed by atoms with Gasteiger partial charge in [-0.05, 0) is 13.3 Å². The molecule has 5 heteroatoms. The Kier molecular flexibility index (Phi) is 3.23. The number of aryl methyl sites for hydroxylation is 1. The molecule has 1 aromatic rings. The van der Waals surface area contributed by atoms with Crippen LogP contribution in [0.5, 0.6) is 0 Å². The van der Waals surface area contributed by atoms with Crippen molar-refractivity contribution in [3.05, 3.63) is 11.8 Å². The molecule has 0 aromatic carbocycles. The number of aliphatic hydroxyl groups excluding tert-OH is 1. The normalized spacial score (nSPS) is 20.8. The zero-order valence-corrected chi connectivity index (χ0v) is 8.94. The van der Waals surface area contributed by atoms with E-state index in [1.807, 2.05) is 13.0 Å². The van der Waals surface area contributed by atoms with Gasteiger partial charge in [0.25, 0.3) is 0 Å². The first-order valence-electron chi connectivity index (χ1n) is 5.29. The third-order valence-corrected chi connectivity index (χ3v) is 2.50. The van der Waals surface area contributed by atoms with Crippen molar-refractivity contribution in [3.63, 3.8) is 0 Å². The zero-order chi connectivity index (χ0) is 10.7. The zero-order valence-electron chi connectivity index (χ0n) is 8.94. The number of ether oxygens (including phenoxy) is 1. The van der Waals surface area contributed by atoms with E-state index in [1.54, 1.807) is 4.68 Å². The number of aliphatic hydroxyl groups is 1. The minimum Gasteiger partial charge on any atom is -0.394 e. The summed E-state index contributed by atoms with van der Waals surface area (Å²) in [5.41, 5.74) is 0.963. The fourth-order valence-corrected chi connectivity index (χ4v) is 1.78. The molecule has 84 valence electrons. The molecule has 2 N–H and O–H groups in total. The minimum atomic E-state index is 0.108. The maximum absolute atomic E-state index is 8.90. The van der Waals surface area contributed by atoms with Crippen LogP contribution in [-0.4, -0.2) is 40.7 Å². The molecule has 2 rings (SSSR count). The molecular weight excluding hydrogens is 194 g/mol. The summed E-state index contributed by atoms with van der Waals surface area (Å²) in [5, 5.41) is 16.6. The van der Waals surface area contributed by atoms with Gasteiger partial charge in [0.05, 0.1) is 31.5 Å². The summed E-state index contributed by atoms with van der Waals surface area (Å²) in [6.45, 7) is 4.17. The largest absolute Gasteiger partial charge is 0.394 e. The molecule has 1 fully saturated rings. The SMILES string of the molecule is Cc1cc(NC2CCOC2)n(CCO)n1. The van der Waals surface area contributed by atoms with Crippen molar-refractivity contribution >= 4 is 5.82 Å². The summed E-state index contributed by atoms with van der Waals surface area (Å²) in [6.07, 6.45) is 1.03. The average Bonchev–Trinajstić information content (AvgIpc) is 2.78. The number of hydrogen-bond acceptors (Lipinski definition) is 4. The third kappa shape index (κ3) is 2.49. The number of rotatable bonds is 4. The third-order valence-electron chi connectivity index (χ3n) is 2.50. The van der Waals surface area contributed by atoms with E-state index in [4.69, 9.17) is 9.84 Å². The molecule has 1 saturated heterocycles. The molecule has 2 heterocycles. The standard InChI is InChI=1S/C10H17N3O2/c1-8-6-10(13(12-8)3-4-14)11-9-2-5-15-7-9/h6,9,11,14H,2-5,7H2,1H3. The molecular formula is C10H17N3O2. The lowest BCUT2D eigenvalue weighted by Gasteiger charge is -2.13. The van der Waals surface area contributed by atoms with Crippen molar-refractivity contribution in [1.82, 2.24) is 9.78 Å². The highest BCUT2D eigenvalue weighted by Crippen LogP contribution is 2.15. The Balaban J connectivity index is 2.04. The predicted octanol–water partition coefficient (Wildman–Crippen LogP) is 0.385. The number of hydrogen-bond donors (Lipinski definition) is 2. The maximum atomic E-state index is 8.90. The smallest absolute Gasteiger partial charge is 0.124 e. The quantitative estimate of drug-likeness (QED) is 0.756. The first-order valence-corrected chi connectivity index (χ1v) is 5.29. The molecule has 1 aromatic heterocycles. The summed E-state index contributed by atoms with van der Waals surface area (Å²) in [7, 11) is 0. The molecule has 0 saturated carbocycles. The van der Waals surface area contributed by atoms with Crippen molar-refractivity contribution < 1.29 is 9.84 Å². The average molecular weight is 211 g/mol. The lowest BCUT2D eigenvalue weighted by molar-refractivity contribution is 0.195. The molecule has 15 heavy (non-hydrogen) atoms. The van der Waals surface area contributed by atoms with Crippen LogP contribution in [0.25, 0.3) is 0 Å². The fraction of sp³-hybridized carbons (Fsp3) is 0.700. The molecule has 0 bridgehead atoms. The highest BCUT2D eigenvalue weighted by Gasteiger charge is 2.17. The number of nitrogens with one attached hydrogen (secondary N) is 1. The summed E-state index contributed by atoms with van der Waals surface area (Å²) in [6, 6.07) is 2.37. The van der Waals surface area contributed by atoms with Gasteiger partial charge in [0.2, 0.25) is 0 Å². The van der Waals surface area contributed by atoms with Crippen molar-refractivity contribution in [2.45, 2.75) is 25.9 Å². The van der Waals surface area contributed by atoms with Gasteiger partial charge in [-0.2, -0.15) is 5.10 Å². The summed E-state index contributed by atoms with van der Waals surface area (Å²) < 4.78 is 7.09. The van der Waals surface area contributed by atoms with Crippen molar-refractivity contribution in [1.29, 1.82) is 0 Å². The van der Waals surface area contributed by atoms with Crippen LogP contribution in [-0.2, 0) is 11.3 Å². The van der Waals surface area contributed by atoms with E-state index in [1.165, 1.54) is 0 Å². The fourth-order valence-electron chi connectivity index (χ4n) is 1.78. The second kappa shape index (κ2) is 4.63. The molecule has 1 unspecified atom stereocenters. The van der Waals surface area contributed by atoms with Crippen LogP contribution in [0.2, 0.25) is 0 Å². The van der Waals surface area contributed by atoms with Crippen LogP contribution in [0.1, 0.15) is 12.1 Å². The number of anilines is 1. The van der Waals surface area contributed by atoms with Crippen molar-refractivity contribution in [3.8, 4) is 0 Å². The number of aromatic nitrogens is 2. The Morgan fingerprint density at radius 3 is 3.27 bits per heavy atom. The number of nitrogens with zero attached hydrogens (tertiary/aromatic N) is 2. The highest BCUT2D eigenvalue weighted by atomic mass is 16.5. The Morgan fingerprint density at radius 1 is 1.73 bits per heavy atom. The van der Waals surface area contributed by atoms with E-state index in [0.717, 1.165) is 31.1 Å². The van der Waals surface area contributed by atoms with E-state index in [-0.39, 0.29) is 6.61 Å². The highest BCUT2D eigenvalue weighted by molar-refractivity contribution is 5.38. The topological polar surface area (TPSA) is 59.3 Å². The van der Waals surface area contributed by atoms with Crippen LogP contribution in [0.15, 0.2) is 6.07 Å². The lowest BCUT2D eigenvalue weighted by atomic mass is 10.2. The van der Waals surface area contributed by atoms with Gasteiger partial charge in [0, 0.05) is 12.7 Å². The first kappa shape index (κ1) is 10.4. The van der Waals surface area contributed by atoms with Crippen LogP contribution < -0.4 is 5.32 Å². The van der Waals surface area contributed by atoms with Crippen LogP contribution >= 0.6 is 0 Å². The maximum Gasteiger partial charge on any atom is 0.124 e. The van der Waals surface area contributed by atoms with E-state index in [0.29, 0.717) is 12.6 Å². The molecule has 0 radical (unpaired) electrons. The Bertz CT molecular complexity index is 318. The summed E-state index contributed by atoms with van der Waals surface area (Å²) in [5.74, 6) is 0.969. The minimum absolute atomic E-state index is 0.108. The lowest BCUT2D eigenvalue weighted by Crippen LogP contribution is -2.21.